The van der Waals surface area contributed by atoms with Gasteiger partial charge in [0.25, 0.3) is 0 Å². The van der Waals surface area contributed by atoms with E-state index in [1.165, 1.54) is 6.26 Å². The molecule has 0 unspecified atom stereocenters. The van der Waals surface area contributed by atoms with Crippen molar-refractivity contribution in [3.05, 3.63) is 47.9 Å². The maximum absolute atomic E-state index is 12.8. The van der Waals surface area contributed by atoms with Gasteiger partial charge in [0.1, 0.15) is 24.4 Å². The van der Waals surface area contributed by atoms with Crippen molar-refractivity contribution in [1.82, 2.24) is 0 Å². The normalized spacial score (nSPS) is 23.1. The Morgan fingerprint density at radius 2 is 2.00 bits per heavy atom. The van der Waals surface area contributed by atoms with E-state index in [2.05, 4.69) is 0 Å². The lowest BCUT2D eigenvalue weighted by molar-refractivity contribution is -0.144. The Bertz CT molecular complexity index is 780. The molecule has 0 bridgehead atoms. The van der Waals surface area contributed by atoms with Gasteiger partial charge in [0.2, 0.25) is 6.79 Å². The van der Waals surface area contributed by atoms with E-state index < -0.39 is 23.9 Å². The fourth-order valence-electron chi connectivity index (χ4n) is 3.02. The van der Waals surface area contributed by atoms with Crippen LogP contribution in [0.25, 0.3) is 0 Å². The largest absolute Gasteiger partial charge is 0.467 e. The predicted octanol–water partition coefficient (Wildman–Crippen LogP) is 1.71. The topological polar surface area (TPSA) is 95.2 Å². The molecule has 124 valence electrons. The molecule has 2 aliphatic heterocycles. The number of fused-ring (bicyclic) bond motifs is 1. The molecular formula is C17H14O7. The summed E-state index contributed by atoms with van der Waals surface area (Å²) < 4.78 is 20.6. The smallest absolute Gasteiger partial charge is 0.312 e. The number of ketones is 1. The van der Waals surface area contributed by atoms with Crippen LogP contribution in [-0.4, -0.2) is 30.3 Å². The van der Waals surface area contributed by atoms with Gasteiger partial charge in [-0.3, -0.25) is 9.59 Å². The van der Waals surface area contributed by atoms with Crippen LogP contribution in [0.5, 0.6) is 11.5 Å². The highest BCUT2D eigenvalue weighted by molar-refractivity contribution is 6.01. The van der Waals surface area contributed by atoms with Crippen LogP contribution in [0, 0.1) is 11.8 Å². The molecule has 0 saturated carbocycles. The highest BCUT2D eigenvalue weighted by atomic mass is 16.7. The number of cyclic esters (lactones) is 1. The summed E-state index contributed by atoms with van der Waals surface area (Å²) in [6.45, 7) is 0.0341. The predicted molar refractivity (Wildman–Crippen MR) is 78.5 cm³/mol. The minimum absolute atomic E-state index is 0.0749. The van der Waals surface area contributed by atoms with Gasteiger partial charge in [0, 0.05) is 5.56 Å². The minimum atomic E-state index is -1.24. The Morgan fingerprint density at radius 1 is 1.17 bits per heavy atom. The molecule has 1 saturated heterocycles. The van der Waals surface area contributed by atoms with E-state index in [0.717, 1.165) is 0 Å². The first-order valence-electron chi connectivity index (χ1n) is 7.47. The summed E-state index contributed by atoms with van der Waals surface area (Å²) in [4.78, 5) is 24.8. The van der Waals surface area contributed by atoms with Crippen LogP contribution in [0.2, 0.25) is 0 Å². The first kappa shape index (κ1) is 14.8. The zero-order valence-electron chi connectivity index (χ0n) is 12.5. The molecule has 1 N–H and O–H groups in total. The molecule has 2 aliphatic rings. The van der Waals surface area contributed by atoms with Crippen LogP contribution >= 0.6 is 0 Å². The molecule has 7 nitrogen and oxygen atoms in total. The molecule has 0 aliphatic carbocycles. The molecule has 1 aromatic carbocycles. The second-order valence-corrected chi connectivity index (χ2v) is 5.65. The molecule has 1 aromatic heterocycles. The van der Waals surface area contributed by atoms with Crippen LogP contribution in [-0.2, 0) is 9.53 Å². The van der Waals surface area contributed by atoms with Gasteiger partial charge in [-0.15, -0.1) is 0 Å². The summed E-state index contributed by atoms with van der Waals surface area (Å²) in [5.41, 5.74) is 0.374. The van der Waals surface area contributed by atoms with Gasteiger partial charge in [-0.25, -0.2) is 0 Å². The fourth-order valence-corrected chi connectivity index (χ4v) is 3.02. The third-order valence-electron chi connectivity index (χ3n) is 4.28. The van der Waals surface area contributed by atoms with Gasteiger partial charge < -0.3 is 23.7 Å². The highest BCUT2D eigenvalue weighted by Gasteiger charge is 2.47. The summed E-state index contributed by atoms with van der Waals surface area (Å²) in [6.07, 6.45) is 0.158. The molecule has 24 heavy (non-hydrogen) atoms. The number of carbonyl (C=O) groups excluding carboxylic acids is 2. The quantitative estimate of drug-likeness (QED) is 0.673. The Kier molecular flexibility index (Phi) is 3.50. The van der Waals surface area contributed by atoms with E-state index >= 15 is 0 Å². The van der Waals surface area contributed by atoms with Crippen molar-refractivity contribution in [2.75, 3.05) is 13.4 Å². The maximum Gasteiger partial charge on any atom is 0.312 e. The standard InChI is InChI=1S/C17H14O7/c18-15(9-3-4-11-13(6-9)24-8-23-11)10-7-22-17(20)14(10)16(19)12-2-1-5-21-12/h1-6,10,14,16,19H,7-8H2/t10-,14-,16-/m1/s1. The number of esters is 1. The number of aliphatic hydroxyl groups is 1. The van der Waals surface area contributed by atoms with Gasteiger partial charge in [-0.05, 0) is 30.3 Å². The lowest BCUT2D eigenvalue weighted by Crippen LogP contribution is -2.29. The molecule has 3 atom stereocenters. The number of hydrogen-bond acceptors (Lipinski definition) is 7. The van der Waals surface area contributed by atoms with Crippen molar-refractivity contribution in [1.29, 1.82) is 0 Å². The Balaban J connectivity index is 1.62. The van der Waals surface area contributed by atoms with Gasteiger partial charge in [0.05, 0.1) is 12.2 Å². The third kappa shape index (κ3) is 2.33. The van der Waals surface area contributed by atoms with Crippen LogP contribution in [0.15, 0.2) is 41.0 Å². The number of furan rings is 1. The summed E-state index contributed by atoms with van der Waals surface area (Å²) in [5.74, 6) is -1.44. The molecule has 0 amide bonds. The molecule has 0 radical (unpaired) electrons. The highest BCUT2D eigenvalue weighted by Crippen LogP contribution is 2.38. The van der Waals surface area contributed by atoms with E-state index in [1.807, 2.05) is 0 Å². The Labute approximate surface area is 136 Å². The van der Waals surface area contributed by atoms with Crippen molar-refractivity contribution < 1.29 is 33.3 Å². The number of rotatable bonds is 4. The summed E-state index contributed by atoms with van der Waals surface area (Å²) in [7, 11) is 0. The molecule has 7 heteroatoms. The van der Waals surface area contributed by atoms with Crippen LogP contribution in [0.1, 0.15) is 22.2 Å². The van der Waals surface area contributed by atoms with Crippen LogP contribution < -0.4 is 9.47 Å². The van der Waals surface area contributed by atoms with Gasteiger partial charge in [-0.1, -0.05) is 0 Å². The summed E-state index contributed by atoms with van der Waals surface area (Å²) >= 11 is 0. The van der Waals surface area contributed by atoms with Gasteiger partial charge in [-0.2, -0.15) is 0 Å². The second kappa shape index (κ2) is 5.68. The van der Waals surface area contributed by atoms with Crippen LogP contribution in [0.4, 0.5) is 0 Å². The van der Waals surface area contributed by atoms with Crippen molar-refractivity contribution >= 4 is 11.8 Å². The lowest BCUT2D eigenvalue weighted by Gasteiger charge is -2.18. The molecular weight excluding hydrogens is 316 g/mol. The Hall–Kier alpha value is -2.80. The number of aliphatic hydroxyl groups excluding tert-OH is 1. The molecule has 4 rings (SSSR count). The minimum Gasteiger partial charge on any atom is -0.467 e. The number of benzene rings is 1. The number of hydrogen-bond donors (Lipinski definition) is 1. The van der Waals surface area contributed by atoms with E-state index in [-0.39, 0.29) is 24.9 Å². The van der Waals surface area contributed by atoms with Crippen molar-refractivity contribution in [3.8, 4) is 11.5 Å². The zero-order valence-corrected chi connectivity index (χ0v) is 12.5. The van der Waals surface area contributed by atoms with Gasteiger partial charge in [0.15, 0.2) is 17.3 Å². The number of carbonyl (C=O) groups is 2. The van der Waals surface area contributed by atoms with E-state index in [9.17, 15) is 14.7 Å². The summed E-state index contributed by atoms with van der Waals surface area (Å²) in [5, 5.41) is 10.4. The SMILES string of the molecule is O=C1OC[C@@H](C(=O)c2ccc3c(c2)OCO3)[C@@H]1[C@H](O)c1ccco1. The van der Waals surface area contributed by atoms with Crippen molar-refractivity contribution in [3.63, 3.8) is 0 Å². The van der Waals surface area contributed by atoms with Gasteiger partial charge >= 0.3 is 5.97 Å². The monoisotopic (exact) mass is 330 g/mol. The molecule has 1 fully saturated rings. The third-order valence-corrected chi connectivity index (χ3v) is 4.28. The number of ether oxygens (including phenoxy) is 3. The second-order valence-electron chi connectivity index (χ2n) is 5.65. The van der Waals surface area contributed by atoms with E-state index in [1.54, 1.807) is 30.3 Å². The van der Waals surface area contributed by atoms with E-state index in [0.29, 0.717) is 17.1 Å². The van der Waals surface area contributed by atoms with Crippen molar-refractivity contribution in [2.24, 2.45) is 11.8 Å². The molecule has 3 heterocycles. The van der Waals surface area contributed by atoms with Crippen LogP contribution in [0.3, 0.4) is 0 Å². The maximum atomic E-state index is 12.8. The first-order chi connectivity index (χ1) is 11.6. The zero-order chi connectivity index (χ0) is 16.7. The molecule has 2 aromatic rings. The first-order valence-corrected chi connectivity index (χ1v) is 7.47. The average Bonchev–Trinajstić information content (AvgIpc) is 3.33. The fraction of sp³-hybridized carbons (Fsp3) is 0.294. The average molecular weight is 330 g/mol. The molecule has 0 spiro atoms. The lowest BCUT2D eigenvalue weighted by atomic mass is 9.83. The number of Topliss-reactive ketones (excluding diaryl/α,β-unsaturated/α-hetero) is 1. The van der Waals surface area contributed by atoms with Crippen molar-refractivity contribution in [2.45, 2.75) is 6.10 Å². The van der Waals surface area contributed by atoms with E-state index in [4.69, 9.17) is 18.6 Å². The Morgan fingerprint density at radius 3 is 2.79 bits per heavy atom. The summed E-state index contributed by atoms with van der Waals surface area (Å²) in [6, 6.07) is 7.98.